The first kappa shape index (κ1) is 18.5. The van der Waals surface area contributed by atoms with Gasteiger partial charge in [-0.25, -0.2) is 4.79 Å². The zero-order chi connectivity index (χ0) is 18.8. The maximum atomic E-state index is 12.5. The predicted molar refractivity (Wildman–Crippen MR) is 102 cm³/mol. The fourth-order valence-corrected chi connectivity index (χ4v) is 3.70. The van der Waals surface area contributed by atoms with Crippen LogP contribution in [0.15, 0.2) is 18.2 Å². The average Bonchev–Trinajstić information content (AvgIpc) is 2.90. The van der Waals surface area contributed by atoms with E-state index in [0.717, 1.165) is 41.4 Å². The summed E-state index contributed by atoms with van der Waals surface area (Å²) in [5.41, 5.74) is 3.66. The maximum Gasteiger partial charge on any atom is 0.338 e. The van der Waals surface area contributed by atoms with Gasteiger partial charge in [-0.15, -0.1) is 0 Å². The Morgan fingerprint density at radius 3 is 2.69 bits per heavy atom. The van der Waals surface area contributed by atoms with Crippen LogP contribution in [0.4, 0.5) is 0 Å². The molecule has 1 aliphatic carbocycles. The molecular formula is C21H28N2O3. The van der Waals surface area contributed by atoms with Crippen LogP contribution in [0.1, 0.15) is 61.1 Å². The van der Waals surface area contributed by atoms with Crippen molar-refractivity contribution in [3.8, 4) is 0 Å². The van der Waals surface area contributed by atoms with Gasteiger partial charge >= 0.3 is 5.97 Å². The van der Waals surface area contributed by atoms with Gasteiger partial charge in [0.05, 0.1) is 5.56 Å². The summed E-state index contributed by atoms with van der Waals surface area (Å²) in [6, 6.07) is 5.61. The van der Waals surface area contributed by atoms with Crippen molar-refractivity contribution in [1.82, 2.24) is 10.3 Å². The highest BCUT2D eigenvalue weighted by molar-refractivity contribution is 5.97. The number of ether oxygens (including phenoxy) is 1. The Labute approximate surface area is 154 Å². The third-order valence-corrected chi connectivity index (χ3v) is 5.64. The molecule has 5 nitrogen and oxygen atoms in total. The number of benzene rings is 1. The highest BCUT2D eigenvalue weighted by Gasteiger charge is 2.26. The van der Waals surface area contributed by atoms with Gasteiger partial charge in [-0.1, -0.05) is 19.8 Å². The molecule has 0 spiro atoms. The van der Waals surface area contributed by atoms with Crippen LogP contribution in [-0.4, -0.2) is 29.0 Å². The van der Waals surface area contributed by atoms with Crippen molar-refractivity contribution in [2.24, 2.45) is 5.92 Å². The van der Waals surface area contributed by atoms with Crippen LogP contribution in [-0.2, 0) is 9.53 Å². The van der Waals surface area contributed by atoms with Crippen LogP contribution < -0.4 is 5.32 Å². The van der Waals surface area contributed by atoms with Crippen LogP contribution >= 0.6 is 0 Å². The molecule has 1 amide bonds. The Morgan fingerprint density at radius 1 is 1.23 bits per heavy atom. The van der Waals surface area contributed by atoms with Gasteiger partial charge in [0.25, 0.3) is 5.91 Å². The number of carbonyl (C=O) groups excluding carboxylic acids is 2. The molecule has 1 saturated carbocycles. The second-order valence-electron chi connectivity index (χ2n) is 7.56. The van der Waals surface area contributed by atoms with Crippen LogP contribution in [0.2, 0.25) is 0 Å². The Hall–Kier alpha value is -2.30. The lowest BCUT2D eigenvalue weighted by atomic mass is 9.86. The van der Waals surface area contributed by atoms with Crippen molar-refractivity contribution in [2.45, 2.75) is 65.5 Å². The highest BCUT2D eigenvalue weighted by Crippen LogP contribution is 2.24. The van der Waals surface area contributed by atoms with Crippen molar-refractivity contribution in [2.75, 3.05) is 0 Å². The molecule has 3 atom stereocenters. The maximum absolute atomic E-state index is 12.5. The standard InChI is InChI=1S/C21H28N2O3/c1-12-7-5-6-8-18(12)23-20(24)15(4)26-21(25)16-9-10-19-17(11-16)13(2)14(3)22-19/h9-12,15,18,22H,5-8H2,1-4H3,(H,23,24)/t12-,15+,18+/m0/s1. The molecule has 26 heavy (non-hydrogen) atoms. The number of aromatic amines is 1. The van der Waals surface area contributed by atoms with E-state index in [2.05, 4.69) is 17.2 Å². The van der Waals surface area contributed by atoms with Crippen molar-refractivity contribution < 1.29 is 14.3 Å². The first-order chi connectivity index (χ1) is 12.4. The monoisotopic (exact) mass is 356 g/mol. The summed E-state index contributed by atoms with van der Waals surface area (Å²) in [4.78, 5) is 28.2. The Balaban J connectivity index is 1.65. The Kier molecular flexibility index (Phi) is 5.35. The van der Waals surface area contributed by atoms with E-state index < -0.39 is 12.1 Å². The highest BCUT2D eigenvalue weighted by atomic mass is 16.5. The number of esters is 1. The zero-order valence-electron chi connectivity index (χ0n) is 16.0. The molecule has 1 aromatic heterocycles. The van der Waals surface area contributed by atoms with Crippen LogP contribution in [0.5, 0.6) is 0 Å². The summed E-state index contributed by atoms with van der Waals surface area (Å²) < 4.78 is 5.41. The second kappa shape index (κ2) is 7.52. The van der Waals surface area contributed by atoms with E-state index in [9.17, 15) is 9.59 Å². The van der Waals surface area contributed by atoms with Crippen molar-refractivity contribution in [3.05, 3.63) is 35.0 Å². The molecule has 0 aliphatic heterocycles. The average molecular weight is 356 g/mol. The molecule has 1 heterocycles. The van der Waals surface area contributed by atoms with Gasteiger partial charge < -0.3 is 15.0 Å². The van der Waals surface area contributed by atoms with Crippen LogP contribution in [0.3, 0.4) is 0 Å². The molecule has 0 bridgehead atoms. The molecule has 1 aliphatic rings. The number of nitrogens with one attached hydrogen (secondary N) is 2. The first-order valence-electron chi connectivity index (χ1n) is 9.47. The number of amides is 1. The summed E-state index contributed by atoms with van der Waals surface area (Å²) in [5.74, 6) is -0.214. The van der Waals surface area contributed by atoms with Gasteiger partial charge in [0.1, 0.15) is 0 Å². The van der Waals surface area contributed by atoms with E-state index in [-0.39, 0.29) is 11.9 Å². The van der Waals surface area contributed by atoms with E-state index in [1.807, 2.05) is 26.0 Å². The Bertz CT molecular complexity index is 824. The molecule has 2 aromatic rings. The molecule has 0 unspecified atom stereocenters. The van der Waals surface area contributed by atoms with Crippen molar-refractivity contribution in [3.63, 3.8) is 0 Å². The van der Waals surface area contributed by atoms with Crippen LogP contribution in [0, 0.1) is 19.8 Å². The third kappa shape index (κ3) is 3.76. The predicted octanol–water partition coefficient (Wildman–Crippen LogP) is 4.02. The third-order valence-electron chi connectivity index (χ3n) is 5.64. The fourth-order valence-electron chi connectivity index (χ4n) is 3.70. The van der Waals surface area contributed by atoms with Gasteiger partial charge in [0, 0.05) is 22.6 Å². The lowest BCUT2D eigenvalue weighted by Crippen LogP contribution is -2.45. The minimum absolute atomic E-state index is 0.180. The molecule has 3 rings (SSSR count). The smallest absolute Gasteiger partial charge is 0.338 e. The summed E-state index contributed by atoms with van der Waals surface area (Å²) in [6.07, 6.45) is 3.68. The van der Waals surface area contributed by atoms with E-state index in [1.165, 1.54) is 6.42 Å². The molecular weight excluding hydrogens is 328 g/mol. The summed E-state index contributed by atoms with van der Waals surface area (Å²) in [7, 11) is 0. The van der Waals surface area contributed by atoms with Gasteiger partial charge in [-0.3, -0.25) is 4.79 Å². The lowest BCUT2D eigenvalue weighted by molar-refractivity contribution is -0.130. The number of aromatic nitrogens is 1. The van der Waals surface area contributed by atoms with Crippen molar-refractivity contribution in [1.29, 1.82) is 0 Å². The second-order valence-corrected chi connectivity index (χ2v) is 7.56. The number of hydrogen-bond acceptors (Lipinski definition) is 3. The summed E-state index contributed by atoms with van der Waals surface area (Å²) in [6.45, 7) is 7.82. The van der Waals surface area contributed by atoms with Gasteiger partial charge in [-0.2, -0.15) is 0 Å². The number of aryl methyl sites for hydroxylation is 2. The number of hydrogen-bond donors (Lipinski definition) is 2. The normalized spacial score (nSPS) is 21.4. The molecule has 1 fully saturated rings. The van der Waals surface area contributed by atoms with Crippen molar-refractivity contribution >= 4 is 22.8 Å². The Morgan fingerprint density at radius 2 is 1.96 bits per heavy atom. The molecule has 2 N–H and O–H groups in total. The number of H-pyrrole nitrogens is 1. The van der Waals surface area contributed by atoms with E-state index in [0.29, 0.717) is 11.5 Å². The van der Waals surface area contributed by atoms with Crippen LogP contribution in [0.25, 0.3) is 10.9 Å². The van der Waals surface area contributed by atoms with Gasteiger partial charge in [0.2, 0.25) is 0 Å². The molecule has 140 valence electrons. The zero-order valence-corrected chi connectivity index (χ0v) is 16.0. The molecule has 0 radical (unpaired) electrons. The van der Waals surface area contributed by atoms with E-state index in [4.69, 9.17) is 4.74 Å². The minimum atomic E-state index is -0.804. The quantitative estimate of drug-likeness (QED) is 0.813. The van der Waals surface area contributed by atoms with E-state index in [1.54, 1.807) is 13.0 Å². The topological polar surface area (TPSA) is 71.2 Å². The SMILES string of the molecule is Cc1[nH]c2ccc(C(=O)O[C@H](C)C(=O)N[C@@H]3CCCC[C@@H]3C)cc2c1C. The number of carbonyl (C=O) groups is 2. The van der Waals surface area contributed by atoms with E-state index >= 15 is 0 Å². The fraction of sp³-hybridized carbons (Fsp3) is 0.524. The largest absolute Gasteiger partial charge is 0.449 e. The van der Waals surface area contributed by atoms with Gasteiger partial charge in [-0.05, 0) is 63.3 Å². The first-order valence-corrected chi connectivity index (χ1v) is 9.47. The molecule has 0 saturated heterocycles. The lowest BCUT2D eigenvalue weighted by Gasteiger charge is -2.30. The summed E-state index contributed by atoms with van der Waals surface area (Å²) in [5, 5.41) is 4.05. The van der Waals surface area contributed by atoms with Gasteiger partial charge in [0.15, 0.2) is 6.10 Å². The molecule has 5 heteroatoms. The molecule has 1 aromatic carbocycles. The number of rotatable bonds is 4. The summed E-state index contributed by atoms with van der Waals surface area (Å²) >= 11 is 0. The minimum Gasteiger partial charge on any atom is -0.449 e. The number of fused-ring (bicyclic) bond motifs is 1.